The number of hydrogen-bond donors (Lipinski definition) is 1. The van der Waals surface area contributed by atoms with Crippen LogP contribution >= 0.6 is 22.9 Å². The molecule has 152 valence electrons. The van der Waals surface area contributed by atoms with E-state index in [9.17, 15) is 8.42 Å². The summed E-state index contributed by atoms with van der Waals surface area (Å²) in [5.74, 6) is 6.35. The predicted octanol–water partition coefficient (Wildman–Crippen LogP) is 4.47. The Labute approximate surface area is 179 Å². The van der Waals surface area contributed by atoms with Crippen LogP contribution in [0.5, 0.6) is 0 Å². The molecule has 8 heteroatoms. The molecule has 2 N–H and O–H groups in total. The molecule has 5 nitrogen and oxygen atoms in total. The number of hydrogen-bond acceptors (Lipinski definition) is 5. The number of thiophene rings is 1. The first-order valence-electron chi connectivity index (χ1n) is 9.17. The standard InChI is InChI=1S/C21H22ClN3O2S2/c1-13-17-12-14(22)8-9-19(17)28-21(13)29(26,27)20-16(10-11-24(2)3)15-6-4-5-7-18(15)25(20)23/h4-9,12H,10-11,23H2,1-3H3. The van der Waals surface area contributed by atoms with E-state index in [1.54, 1.807) is 6.07 Å². The number of fused-ring (bicyclic) bond motifs is 2. The fourth-order valence-corrected chi connectivity index (χ4v) is 7.31. The van der Waals surface area contributed by atoms with Gasteiger partial charge in [-0.1, -0.05) is 29.8 Å². The fourth-order valence-electron chi connectivity index (χ4n) is 3.69. The minimum Gasteiger partial charge on any atom is -0.338 e. The lowest BCUT2D eigenvalue weighted by atomic mass is 10.1. The predicted molar refractivity (Wildman–Crippen MR) is 121 cm³/mol. The number of rotatable bonds is 5. The number of benzene rings is 2. The van der Waals surface area contributed by atoms with Crippen LogP contribution in [0.1, 0.15) is 11.1 Å². The third-order valence-electron chi connectivity index (χ3n) is 5.13. The van der Waals surface area contributed by atoms with Crippen molar-refractivity contribution in [3.05, 3.63) is 58.6 Å². The molecule has 29 heavy (non-hydrogen) atoms. The van der Waals surface area contributed by atoms with Gasteiger partial charge in [-0.05, 0) is 62.7 Å². The Kier molecular flexibility index (Phi) is 5.11. The maximum Gasteiger partial charge on any atom is 0.233 e. The molecule has 0 amide bonds. The van der Waals surface area contributed by atoms with E-state index in [4.69, 9.17) is 17.4 Å². The second-order valence-electron chi connectivity index (χ2n) is 7.38. The molecule has 0 aliphatic heterocycles. The first-order valence-corrected chi connectivity index (χ1v) is 11.9. The number of nitrogens with two attached hydrogens (primary N) is 1. The van der Waals surface area contributed by atoms with Crippen molar-refractivity contribution in [2.75, 3.05) is 26.5 Å². The molecule has 2 heterocycles. The zero-order valence-corrected chi connectivity index (χ0v) is 18.8. The first-order chi connectivity index (χ1) is 13.7. The van der Waals surface area contributed by atoms with Crippen LogP contribution in [-0.2, 0) is 16.3 Å². The van der Waals surface area contributed by atoms with Crippen molar-refractivity contribution < 1.29 is 8.42 Å². The topological polar surface area (TPSA) is 68.3 Å². The highest BCUT2D eigenvalue weighted by atomic mass is 35.5. The summed E-state index contributed by atoms with van der Waals surface area (Å²) >= 11 is 7.39. The van der Waals surface area contributed by atoms with Gasteiger partial charge in [-0.15, -0.1) is 11.3 Å². The monoisotopic (exact) mass is 447 g/mol. The van der Waals surface area contributed by atoms with E-state index in [2.05, 4.69) is 0 Å². The van der Waals surface area contributed by atoms with E-state index in [-0.39, 0.29) is 5.03 Å². The number of aryl methyl sites for hydroxylation is 1. The van der Waals surface area contributed by atoms with E-state index < -0.39 is 9.84 Å². The Morgan fingerprint density at radius 2 is 1.86 bits per heavy atom. The number of sulfone groups is 1. The molecule has 0 aliphatic rings. The SMILES string of the molecule is Cc1c(S(=O)(=O)c2c(CCN(C)C)c3ccccc3n2N)sc2ccc(Cl)cc12. The van der Waals surface area contributed by atoms with Crippen LogP contribution in [0.3, 0.4) is 0 Å². The van der Waals surface area contributed by atoms with Gasteiger partial charge in [0.15, 0.2) is 5.03 Å². The number of aromatic nitrogens is 1. The molecule has 4 rings (SSSR count). The summed E-state index contributed by atoms with van der Waals surface area (Å²) in [6.07, 6.45) is 0.585. The smallest absolute Gasteiger partial charge is 0.233 e. The van der Waals surface area contributed by atoms with Crippen LogP contribution in [0.25, 0.3) is 21.0 Å². The molecule has 0 fully saturated rings. The molecule has 0 saturated heterocycles. The van der Waals surface area contributed by atoms with Gasteiger partial charge in [-0.25, -0.2) is 8.42 Å². The lowest BCUT2D eigenvalue weighted by molar-refractivity contribution is 0.412. The second-order valence-corrected chi connectivity index (χ2v) is 10.9. The third-order valence-corrected chi connectivity index (χ3v) is 9.09. The largest absolute Gasteiger partial charge is 0.338 e. The molecular weight excluding hydrogens is 426 g/mol. The highest BCUT2D eigenvalue weighted by Gasteiger charge is 2.31. The average Bonchev–Trinajstić information content (AvgIpc) is 3.16. The second kappa shape index (κ2) is 7.32. The maximum atomic E-state index is 13.8. The highest BCUT2D eigenvalue weighted by Crippen LogP contribution is 2.40. The van der Waals surface area contributed by atoms with Crippen molar-refractivity contribution in [1.29, 1.82) is 0 Å². The Balaban J connectivity index is 1.99. The molecular formula is C21H22ClN3O2S2. The van der Waals surface area contributed by atoms with Crippen LogP contribution in [0, 0.1) is 6.92 Å². The zero-order chi connectivity index (χ0) is 20.9. The quantitative estimate of drug-likeness (QED) is 0.458. The van der Waals surface area contributed by atoms with E-state index in [1.165, 1.54) is 16.0 Å². The summed E-state index contributed by atoms with van der Waals surface area (Å²) in [5.41, 5.74) is 2.17. The summed E-state index contributed by atoms with van der Waals surface area (Å²) in [6.45, 7) is 2.54. The Morgan fingerprint density at radius 3 is 2.59 bits per heavy atom. The first kappa shape index (κ1) is 20.2. The van der Waals surface area contributed by atoms with E-state index in [0.717, 1.165) is 27.6 Å². The average molecular weight is 448 g/mol. The Hall–Kier alpha value is -2.06. The lowest BCUT2D eigenvalue weighted by Gasteiger charge is -2.12. The van der Waals surface area contributed by atoms with Crippen molar-refractivity contribution in [2.24, 2.45) is 0 Å². The van der Waals surface area contributed by atoms with Gasteiger partial charge in [0.2, 0.25) is 9.84 Å². The van der Waals surface area contributed by atoms with Gasteiger partial charge in [0.1, 0.15) is 4.21 Å². The van der Waals surface area contributed by atoms with E-state index >= 15 is 0 Å². The molecule has 0 radical (unpaired) electrons. The molecule has 0 bridgehead atoms. The molecule has 0 spiro atoms. The number of para-hydroxylation sites is 1. The Bertz CT molecular complexity index is 1340. The molecule has 0 atom stereocenters. The summed E-state index contributed by atoms with van der Waals surface area (Å²) in [4.78, 5) is 2.03. The number of likely N-dealkylation sites (N-methyl/N-ethyl adjacent to an activating group) is 1. The molecule has 2 aromatic heterocycles. The van der Waals surface area contributed by atoms with E-state index in [1.807, 2.05) is 62.3 Å². The van der Waals surface area contributed by atoms with Crippen LogP contribution in [0.4, 0.5) is 0 Å². The molecule has 0 unspecified atom stereocenters. The van der Waals surface area contributed by atoms with Crippen molar-refractivity contribution >= 4 is 53.8 Å². The van der Waals surface area contributed by atoms with Gasteiger partial charge >= 0.3 is 0 Å². The van der Waals surface area contributed by atoms with Gasteiger partial charge in [0.05, 0.1) is 5.52 Å². The van der Waals surface area contributed by atoms with Crippen LogP contribution in [0.15, 0.2) is 51.7 Å². The number of halogens is 1. The summed E-state index contributed by atoms with van der Waals surface area (Å²) in [5, 5.41) is 2.48. The van der Waals surface area contributed by atoms with Gasteiger partial charge in [0.25, 0.3) is 0 Å². The lowest BCUT2D eigenvalue weighted by Crippen LogP contribution is -2.20. The number of nitrogen functional groups attached to an aromatic ring is 1. The van der Waals surface area contributed by atoms with Crippen molar-refractivity contribution in [1.82, 2.24) is 9.58 Å². The van der Waals surface area contributed by atoms with Crippen molar-refractivity contribution in [2.45, 2.75) is 22.6 Å². The highest BCUT2D eigenvalue weighted by molar-refractivity contribution is 7.93. The molecule has 2 aromatic carbocycles. The molecule has 4 aromatic rings. The van der Waals surface area contributed by atoms with Gasteiger partial charge < -0.3 is 10.7 Å². The van der Waals surface area contributed by atoms with Crippen molar-refractivity contribution in [3.8, 4) is 0 Å². The normalized spacial score (nSPS) is 12.4. The zero-order valence-electron chi connectivity index (χ0n) is 16.4. The van der Waals surface area contributed by atoms with Gasteiger partial charge in [0, 0.05) is 27.2 Å². The molecule has 0 saturated carbocycles. The number of nitrogens with zero attached hydrogens (tertiary/aromatic N) is 2. The van der Waals surface area contributed by atoms with E-state index in [0.29, 0.717) is 26.7 Å². The van der Waals surface area contributed by atoms with Crippen molar-refractivity contribution in [3.63, 3.8) is 0 Å². The summed E-state index contributed by atoms with van der Waals surface area (Å²) in [6, 6.07) is 13.0. The van der Waals surface area contributed by atoms with Gasteiger partial charge in [-0.2, -0.15) is 0 Å². The summed E-state index contributed by atoms with van der Waals surface area (Å²) < 4.78 is 30.2. The molecule has 0 aliphatic carbocycles. The summed E-state index contributed by atoms with van der Waals surface area (Å²) in [7, 11) is 0.115. The maximum absolute atomic E-state index is 13.8. The Morgan fingerprint density at radius 1 is 1.14 bits per heavy atom. The van der Waals surface area contributed by atoms with Gasteiger partial charge in [-0.3, -0.25) is 4.68 Å². The third kappa shape index (κ3) is 3.32. The van der Waals surface area contributed by atoms with Crippen LogP contribution in [-0.4, -0.2) is 38.6 Å². The minimum absolute atomic E-state index is 0.168. The minimum atomic E-state index is -3.82. The van der Waals surface area contributed by atoms with Crippen LogP contribution < -0.4 is 5.84 Å². The van der Waals surface area contributed by atoms with Crippen LogP contribution in [0.2, 0.25) is 5.02 Å². The fraction of sp³-hybridized carbons (Fsp3) is 0.238.